The molecule has 1 aliphatic rings. The van der Waals surface area contributed by atoms with E-state index in [0.29, 0.717) is 43.3 Å². The Labute approximate surface area is 195 Å². The lowest BCUT2D eigenvalue weighted by atomic mass is 9.84. The third-order valence-electron chi connectivity index (χ3n) is 5.68. The highest BCUT2D eigenvalue weighted by atomic mass is 16.5. The molecule has 1 fully saturated rings. The fraction of sp³-hybridized carbons (Fsp3) is 0.462. The van der Waals surface area contributed by atoms with Crippen LogP contribution >= 0.6 is 0 Å². The quantitative estimate of drug-likeness (QED) is 0.268. The summed E-state index contributed by atoms with van der Waals surface area (Å²) in [5, 5.41) is 11.3. The highest BCUT2D eigenvalue weighted by molar-refractivity contribution is 6.46. The van der Waals surface area contributed by atoms with Gasteiger partial charge in [0.05, 0.1) is 12.2 Å². The molecule has 2 aromatic rings. The van der Waals surface area contributed by atoms with Gasteiger partial charge in [-0.05, 0) is 56.0 Å². The van der Waals surface area contributed by atoms with Crippen molar-refractivity contribution in [3.05, 3.63) is 58.6 Å². The molecule has 1 saturated heterocycles. The topological polar surface area (TPSA) is 89.2 Å². The van der Waals surface area contributed by atoms with Crippen molar-refractivity contribution in [1.29, 1.82) is 0 Å². The number of aryl methyl sites for hydroxylation is 1. The van der Waals surface area contributed by atoms with Crippen molar-refractivity contribution in [3.63, 3.8) is 0 Å². The number of benzene rings is 1. The lowest BCUT2D eigenvalue weighted by Crippen LogP contribution is -2.31. The average Bonchev–Trinajstić information content (AvgIpc) is 3.29. The summed E-state index contributed by atoms with van der Waals surface area (Å²) >= 11 is 0. The molecule has 0 saturated carbocycles. The van der Waals surface area contributed by atoms with Crippen molar-refractivity contribution < 1.29 is 28.6 Å². The number of amides is 1. The first-order valence-corrected chi connectivity index (χ1v) is 11.2. The number of ketones is 1. The first-order chi connectivity index (χ1) is 15.6. The third kappa shape index (κ3) is 4.98. The summed E-state index contributed by atoms with van der Waals surface area (Å²) in [7, 11) is 1.58. The van der Waals surface area contributed by atoms with E-state index in [1.807, 2.05) is 13.0 Å². The summed E-state index contributed by atoms with van der Waals surface area (Å²) in [6, 6.07) is 8.03. The van der Waals surface area contributed by atoms with Gasteiger partial charge in [-0.2, -0.15) is 0 Å². The number of likely N-dealkylation sites (tertiary alicyclic amines) is 1. The number of rotatable bonds is 8. The predicted molar refractivity (Wildman–Crippen MR) is 125 cm³/mol. The van der Waals surface area contributed by atoms with Gasteiger partial charge >= 0.3 is 0 Å². The average molecular weight is 456 g/mol. The van der Waals surface area contributed by atoms with E-state index < -0.39 is 17.7 Å². The van der Waals surface area contributed by atoms with Gasteiger partial charge in [-0.1, -0.05) is 20.8 Å². The SMILES string of the molecule is CCOc1ccc(/C(O)=C2/C(=O)C(=O)N(CCCOC)C2c2ccc(C)o2)cc1C(C)(C)C. The standard InChI is InChI=1S/C26H33NO6/c1-7-32-19-12-10-17(15-18(19)26(3,4)5)23(28)21-22(20-11-9-16(2)33-20)27(13-8-14-31-6)25(30)24(21)29/h9-12,15,22,28H,7-8,13-14H2,1-6H3/b23-21-. The Morgan fingerprint density at radius 3 is 2.48 bits per heavy atom. The van der Waals surface area contributed by atoms with Gasteiger partial charge in [0.2, 0.25) is 0 Å². The minimum absolute atomic E-state index is 0.0239. The van der Waals surface area contributed by atoms with E-state index in [1.165, 1.54) is 4.90 Å². The van der Waals surface area contributed by atoms with Gasteiger partial charge in [0, 0.05) is 31.4 Å². The molecule has 0 radical (unpaired) electrons. The van der Waals surface area contributed by atoms with Crippen molar-refractivity contribution in [2.24, 2.45) is 0 Å². The zero-order valence-corrected chi connectivity index (χ0v) is 20.2. The second-order valence-corrected chi connectivity index (χ2v) is 9.18. The first-order valence-electron chi connectivity index (χ1n) is 11.2. The first kappa shape index (κ1) is 24.6. The number of carbonyl (C=O) groups excluding carboxylic acids is 2. The van der Waals surface area contributed by atoms with E-state index in [0.717, 1.165) is 11.3 Å². The molecule has 0 bridgehead atoms. The normalized spacial score (nSPS) is 18.2. The minimum atomic E-state index is -0.805. The highest BCUT2D eigenvalue weighted by Gasteiger charge is 2.47. The van der Waals surface area contributed by atoms with Crippen LogP contribution in [-0.2, 0) is 19.7 Å². The van der Waals surface area contributed by atoms with E-state index >= 15 is 0 Å². The second-order valence-electron chi connectivity index (χ2n) is 9.18. The van der Waals surface area contributed by atoms with Gasteiger partial charge in [0.1, 0.15) is 29.1 Å². The summed E-state index contributed by atoms with van der Waals surface area (Å²) < 4.78 is 16.7. The Morgan fingerprint density at radius 2 is 1.91 bits per heavy atom. The highest BCUT2D eigenvalue weighted by Crippen LogP contribution is 2.41. The molecule has 1 aromatic heterocycles. The number of Topliss-reactive ketones (excluding diaryl/α,β-unsaturated/α-hetero) is 1. The molecule has 7 nitrogen and oxygen atoms in total. The minimum Gasteiger partial charge on any atom is -0.507 e. The molecule has 0 aliphatic carbocycles. The van der Waals surface area contributed by atoms with Crippen LogP contribution in [0.4, 0.5) is 0 Å². The van der Waals surface area contributed by atoms with Gasteiger partial charge in [-0.15, -0.1) is 0 Å². The Kier molecular flexibility index (Phi) is 7.32. The number of nitrogens with zero attached hydrogens (tertiary/aromatic N) is 1. The van der Waals surface area contributed by atoms with Crippen LogP contribution in [0.3, 0.4) is 0 Å². The summed E-state index contributed by atoms with van der Waals surface area (Å²) in [6.07, 6.45) is 0.553. The molecule has 1 aromatic carbocycles. The molecule has 1 unspecified atom stereocenters. The van der Waals surface area contributed by atoms with E-state index in [9.17, 15) is 14.7 Å². The maximum absolute atomic E-state index is 13.1. The monoisotopic (exact) mass is 455 g/mol. The van der Waals surface area contributed by atoms with Gasteiger partial charge in [-0.3, -0.25) is 9.59 Å². The molecular formula is C26H33NO6. The van der Waals surface area contributed by atoms with Gasteiger partial charge in [0.15, 0.2) is 0 Å². The van der Waals surface area contributed by atoms with E-state index in [1.54, 1.807) is 38.3 Å². The molecule has 0 spiro atoms. The Bertz CT molecular complexity index is 1060. The van der Waals surface area contributed by atoms with Crippen LogP contribution in [-0.4, -0.2) is 48.6 Å². The van der Waals surface area contributed by atoms with Crippen LogP contribution in [0.15, 0.2) is 40.3 Å². The fourth-order valence-corrected chi connectivity index (χ4v) is 4.09. The zero-order chi connectivity index (χ0) is 24.3. The number of aliphatic hydroxyl groups excluding tert-OH is 1. The Hall–Kier alpha value is -3.06. The van der Waals surface area contributed by atoms with E-state index in [2.05, 4.69) is 20.8 Å². The molecule has 33 heavy (non-hydrogen) atoms. The van der Waals surface area contributed by atoms with E-state index in [-0.39, 0.29) is 16.7 Å². The number of ether oxygens (including phenoxy) is 2. The Morgan fingerprint density at radius 1 is 1.18 bits per heavy atom. The summed E-state index contributed by atoms with van der Waals surface area (Å²) in [4.78, 5) is 27.5. The summed E-state index contributed by atoms with van der Waals surface area (Å²) in [6.45, 7) is 11.1. The van der Waals surface area contributed by atoms with Crippen molar-refractivity contribution in [3.8, 4) is 5.75 Å². The molecular weight excluding hydrogens is 422 g/mol. The largest absolute Gasteiger partial charge is 0.507 e. The summed E-state index contributed by atoms with van der Waals surface area (Å²) in [5.41, 5.74) is 1.11. The number of carbonyl (C=O) groups is 2. The van der Waals surface area contributed by atoms with Gasteiger partial charge < -0.3 is 23.9 Å². The molecule has 2 heterocycles. The third-order valence-corrected chi connectivity index (χ3v) is 5.68. The lowest BCUT2D eigenvalue weighted by Gasteiger charge is -2.24. The van der Waals surface area contributed by atoms with Gasteiger partial charge in [0.25, 0.3) is 11.7 Å². The van der Waals surface area contributed by atoms with Crippen LogP contribution < -0.4 is 4.74 Å². The van der Waals surface area contributed by atoms with Crippen molar-refractivity contribution >= 4 is 17.4 Å². The smallest absolute Gasteiger partial charge is 0.295 e. The van der Waals surface area contributed by atoms with Crippen LogP contribution in [0.1, 0.15) is 62.8 Å². The lowest BCUT2D eigenvalue weighted by molar-refractivity contribution is -0.140. The number of hydrogen-bond acceptors (Lipinski definition) is 6. The molecule has 1 aliphatic heterocycles. The maximum atomic E-state index is 13.1. The number of methoxy groups -OCH3 is 1. The summed E-state index contributed by atoms with van der Waals surface area (Å²) in [5.74, 6) is 0.204. The number of hydrogen-bond donors (Lipinski definition) is 1. The molecule has 178 valence electrons. The maximum Gasteiger partial charge on any atom is 0.295 e. The van der Waals surface area contributed by atoms with Gasteiger partial charge in [-0.25, -0.2) is 0 Å². The number of furan rings is 1. The Balaban J connectivity index is 2.15. The fourth-order valence-electron chi connectivity index (χ4n) is 4.09. The second kappa shape index (κ2) is 9.83. The van der Waals surface area contributed by atoms with Crippen LogP contribution in [0.5, 0.6) is 5.75 Å². The zero-order valence-electron chi connectivity index (χ0n) is 20.2. The molecule has 7 heteroatoms. The molecule has 1 N–H and O–H groups in total. The van der Waals surface area contributed by atoms with E-state index in [4.69, 9.17) is 13.9 Å². The van der Waals surface area contributed by atoms with Crippen LogP contribution in [0, 0.1) is 6.92 Å². The molecule has 3 rings (SSSR count). The number of aliphatic hydroxyl groups is 1. The van der Waals surface area contributed by atoms with Crippen molar-refractivity contribution in [2.45, 2.75) is 52.5 Å². The van der Waals surface area contributed by atoms with Crippen molar-refractivity contribution in [2.75, 3.05) is 26.9 Å². The molecule has 1 amide bonds. The van der Waals surface area contributed by atoms with Crippen molar-refractivity contribution in [1.82, 2.24) is 4.90 Å². The van der Waals surface area contributed by atoms with Crippen LogP contribution in [0.2, 0.25) is 0 Å². The molecule has 1 atom stereocenters. The predicted octanol–water partition coefficient (Wildman–Crippen LogP) is 4.74. The van der Waals surface area contributed by atoms with Crippen LogP contribution in [0.25, 0.3) is 5.76 Å².